The summed E-state index contributed by atoms with van der Waals surface area (Å²) in [6.45, 7) is 0.0534. The predicted molar refractivity (Wildman–Crippen MR) is 124 cm³/mol. The molecule has 1 amide bonds. The van der Waals surface area contributed by atoms with Crippen LogP contribution in [0.4, 0.5) is 5.69 Å². The second kappa shape index (κ2) is 7.64. The average molecular weight is 450 g/mol. The van der Waals surface area contributed by atoms with Crippen molar-refractivity contribution in [2.75, 3.05) is 5.32 Å². The number of nitrogens with zero attached hydrogens (tertiary/aromatic N) is 2. The normalized spacial score (nSPS) is 28.2. The molecule has 1 aliphatic heterocycles. The lowest BCUT2D eigenvalue weighted by atomic mass is 9.75. The molecule has 2 fully saturated rings. The van der Waals surface area contributed by atoms with E-state index in [4.69, 9.17) is 0 Å². The zero-order valence-electron chi connectivity index (χ0n) is 16.9. The molecule has 0 spiro atoms. The molecule has 3 aliphatic rings. The van der Waals surface area contributed by atoms with Crippen molar-refractivity contribution in [2.24, 2.45) is 17.8 Å². The minimum absolute atomic E-state index is 0.0399. The summed E-state index contributed by atoms with van der Waals surface area (Å²) >= 11 is 3.18. The molecule has 1 N–H and O–H groups in total. The van der Waals surface area contributed by atoms with Gasteiger partial charge in [-0.3, -0.25) is 19.1 Å². The fourth-order valence-electron chi connectivity index (χ4n) is 5.89. The van der Waals surface area contributed by atoms with Gasteiger partial charge in [-0.05, 0) is 60.8 Å². The topological polar surface area (TPSA) is 64.0 Å². The van der Waals surface area contributed by atoms with Gasteiger partial charge in [0.05, 0.1) is 5.03 Å². The number of thioether (sulfide) groups is 1. The van der Waals surface area contributed by atoms with Crippen LogP contribution < -0.4 is 10.2 Å². The Morgan fingerprint density at radius 1 is 1.13 bits per heavy atom. The van der Waals surface area contributed by atoms with Crippen LogP contribution in [0.2, 0.25) is 0 Å². The van der Waals surface area contributed by atoms with Gasteiger partial charge < -0.3 is 5.32 Å². The second-order valence-corrected chi connectivity index (χ2v) is 11.0. The first-order valence-corrected chi connectivity index (χ1v) is 12.5. The van der Waals surface area contributed by atoms with Gasteiger partial charge in [0.2, 0.25) is 5.91 Å². The van der Waals surface area contributed by atoms with Crippen LogP contribution in [0.3, 0.4) is 0 Å². The maximum atomic E-state index is 13.0. The number of thiazole rings is 1. The summed E-state index contributed by atoms with van der Waals surface area (Å²) < 4.78 is 1.70. The van der Waals surface area contributed by atoms with Crippen LogP contribution in [0.25, 0.3) is 0 Å². The number of nitrogens with one attached hydrogen (secondary N) is 1. The number of anilines is 1. The molecule has 3 heterocycles. The van der Waals surface area contributed by atoms with E-state index in [2.05, 4.69) is 16.4 Å². The first kappa shape index (κ1) is 19.3. The monoisotopic (exact) mass is 449 g/mol. The number of rotatable bonds is 4. The Morgan fingerprint density at radius 3 is 2.77 bits per heavy atom. The van der Waals surface area contributed by atoms with E-state index in [0.717, 1.165) is 21.5 Å². The Morgan fingerprint density at radius 2 is 1.97 bits per heavy atom. The summed E-state index contributed by atoms with van der Waals surface area (Å²) in [6.07, 6.45) is 7.66. The number of pyridine rings is 1. The molecule has 5 atom stereocenters. The summed E-state index contributed by atoms with van der Waals surface area (Å²) in [5.74, 6) is 2.05. The van der Waals surface area contributed by atoms with Gasteiger partial charge in [-0.1, -0.05) is 35.6 Å². The molecule has 158 valence electrons. The van der Waals surface area contributed by atoms with Crippen molar-refractivity contribution >= 4 is 34.7 Å². The highest BCUT2D eigenvalue weighted by Crippen LogP contribution is 2.63. The highest BCUT2D eigenvalue weighted by molar-refractivity contribution is 8.00. The fraction of sp³-hybridized carbons (Fsp3) is 0.375. The quantitative estimate of drug-likeness (QED) is 0.633. The third-order valence-corrected chi connectivity index (χ3v) is 9.92. The number of hydrogen-bond acceptors (Lipinski definition) is 5. The molecule has 0 saturated heterocycles. The van der Waals surface area contributed by atoms with E-state index in [9.17, 15) is 9.59 Å². The van der Waals surface area contributed by atoms with Crippen LogP contribution in [0.5, 0.6) is 0 Å². The van der Waals surface area contributed by atoms with E-state index < -0.39 is 0 Å². The first-order valence-electron chi connectivity index (χ1n) is 10.8. The van der Waals surface area contributed by atoms with Gasteiger partial charge in [0, 0.05) is 34.1 Å². The predicted octanol–water partition coefficient (Wildman–Crippen LogP) is 4.60. The molecule has 3 aromatic rings. The third kappa shape index (κ3) is 3.26. The minimum Gasteiger partial charge on any atom is -0.325 e. The maximum Gasteiger partial charge on any atom is 0.308 e. The Labute approximate surface area is 188 Å². The Hall–Kier alpha value is -2.38. The minimum atomic E-state index is -0.164. The SMILES string of the molecule is O=C(Cn1c2c(sc1=O)C(c1cccnc1)C1C3CCC(C3)C1S2)Nc1ccccc1. The zero-order valence-corrected chi connectivity index (χ0v) is 18.6. The summed E-state index contributed by atoms with van der Waals surface area (Å²) in [4.78, 5) is 31.3. The molecule has 2 saturated carbocycles. The number of amides is 1. The van der Waals surface area contributed by atoms with Crippen molar-refractivity contribution in [1.82, 2.24) is 9.55 Å². The molecule has 1 aromatic carbocycles. The number of aromatic nitrogens is 2. The molecule has 2 aliphatic carbocycles. The van der Waals surface area contributed by atoms with E-state index in [1.54, 1.807) is 4.57 Å². The van der Waals surface area contributed by atoms with Crippen molar-refractivity contribution in [2.45, 2.75) is 42.0 Å². The van der Waals surface area contributed by atoms with Crippen LogP contribution in [-0.2, 0) is 11.3 Å². The molecule has 6 rings (SSSR count). The Bertz CT molecular complexity index is 1170. The molecular weight excluding hydrogens is 426 g/mol. The van der Waals surface area contributed by atoms with Crippen molar-refractivity contribution in [3.63, 3.8) is 0 Å². The number of benzene rings is 1. The average Bonchev–Trinajstić information content (AvgIpc) is 3.48. The standard InChI is InChI=1S/C24H23N3O2S2/c28-18(26-17-6-2-1-3-7-17)13-27-23-22(31-24(27)29)20(16-5-4-10-25-12-16)19-14-8-9-15(11-14)21(19)30-23/h1-7,10,12,14-15,19-21H,8-9,11,13H2,(H,26,28). The summed E-state index contributed by atoms with van der Waals surface area (Å²) in [5.41, 5.74) is 1.95. The highest BCUT2D eigenvalue weighted by atomic mass is 32.2. The van der Waals surface area contributed by atoms with Crippen LogP contribution in [0, 0.1) is 17.8 Å². The highest BCUT2D eigenvalue weighted by Gasteiger charge is 2.55. The van der Waals surface area contributed by atoms with Crippen LogP contribution >= 0.6 is 23.1 Å². The largest absolute Gasteiger partial charge is 0.325 e. The molecule has 2 bridgehead atoms. The third-order valence-electron chi connectivity index (χ3n) is 7.09. The van der Waals surface area contributed by atoms with E-state index in [1.807, 2.05) is 60.6 Å². The van der Waals surface area contributed by atoms with Crippen molar-refractivity contribution in [3.05, 3.63) is 75.0 Å². The van der Waals surface area contributed by atoms with E-state index >= 15 is 0 Å². The maximum absolute atomic E-state index is 13.0. The Kier molecular flexibility index (Phi) is 4.76. The number of carbonyl (C=O) groups excluding carboxylic acids is 1. The van der Waals surface area contributed by atoms with Crippen molar-refractivity contribution in [3.8, 4) is 0 Å². The van der Waals surface area contributed by atoms with Gasteiger partial charge in [0.15, 0.2) is 0 Å². The number of para-hydroxylation sites is 1. The summed E-state index contributed by atoms with van der Waals surface area (Å²) in [5, 5.41) is 4.44. The van der Waals surface area contributed by atoms with Gasteiger partial charge >= 0.3 is 4.87 Å². The zero-order chi connectivity index (χ0) is 20.9. The van der Waals surface area contributed by atoms with Crippen LogP contribution in [0.1, 0.15) is 35.6 Å². The van der Waals surface area contributed by atoms with Gasteiger partial charge in [0.25, 0.3) is 0 Å². The van der Waals surface area contributed by atoms with Gasteiger partial charge in [-0.25, -0.2) is 0 Å². The molecule has 5 nitrogen and oxygen atoms in total. The molecular formula is C24H23N3O2S2. The van der Waals surface area contributed by atoms with Gasteiger partial charge in [0.1, 0.15) is 6.54 Å². The van der Waals surface area contributed by atoms with Crippen molar-refractivity contribution in [1.29, 1.82) is 0 Å². The lowest BCUT2D eigenvalue weighted by molar-refractivity contribution is -0.116. The first-order chi connectivity index (χ1) is 15.2. The van der Waals surface area contributed by atoms with Gasteiger partial charge in [-0.2, -0.15) is 0 Å². The molecule has 0 radical (unpaired) electrons. The number of hydrogen-bond donors (Lipinski definition) is 1. The molecule has 7 heteroatoms. The van der Waals surface area contributed by atoms with E-state index in [-0.39, 0.29) is 23.2 Å². The smallest absolute Gasteiger partial charge is 0.308 e. The summed E-state index contributed by atoms with van der Waals surface area (Å²) in [6, 6.07) is 13.5. The van der Waals surface area contributed by atoms with Crippen LogP contribution in [0.15, 0.2) is 64.7 Å². The van der Waals surface area contributed by atoms with Gasteiger partial charge in [-0.15, -0.1) is 11.8 Å². The number of fused-ring (bicyclic) bond motifs is 6. The summed E-state index contributed by atoms with van der Waals surface area (Å²) in [7, 11) is 0. The lowest BCUT2D eigenvalue weighted by Gasteiger charge is -2.40. The molecule has 5 unspecified atom stereocenters. The molecule has 2 aromatic heterocycles. The van der Waals surface area contributed by atoms with Crippen LogP contribution in [-0.4, -0.2) is 20.7 Å². The van der Waals surface area contributed by atoms with E-state index in [0.29, 0.717) is 17.1 Å². The van der Waals surface area contributed by atoms with Crippen molar-refractivity contribution < 1.29 is 4.79 Å². The second-order valence-electron chi connectivity index (χ2n) is 8.79. The fourth-order valence-corrected chi connectivity index (χ4v) is 9.04. The van der Waals surface area contributed by atoms with E-state index in [1.165, 1.54) is 36.2 Å². The Balaban J connectivity index is 1.38. The molecule has 31 heavy (non-hydrogen) atoms. The lowest BCUT2D eigenvalue weighted by Crippen LogP contribution is -2.34. The number of carbonyl (C=O) groups is 1.